The number of benzene rings is 1. The number of ether oxygens (including phenoxy) is 1. The van der Waals surface area contributed by atoms with Gasteiger partial charge in [-0.25, -0.2) is 14.4 Å². The number of aryl methyl sites for hydroxylation is 1. The van der Waals surface area contributed by atoms with Crippen LogP contribution in [0.1, 0.15) is 31.0 Å². The Hall–Kier alpha value is -1.43. The molecule has 1 aromatic carbocycles. The summed E-state index contributed by atoms with van der Waals surface area (Å²) in [6.45, 7) is 3.80. The van der Waals surface area contributed by atoms with Gasteiger partial charge in [-0.2, -0.15) is 0 Å². The molecule has 4 nitrogen and oxygen atoms in total. The smallest absolute Gasteiger partial charge is 0.187 e. The van der Waals surface area contributed by atoms with Crippen LogP contribution in [0.5, 0.6) is 0 Å². The zero-order chi connectivity index (χ0) is 17.8. The summed E-state index contributed by atoms with van der Waals surface area (Å²) >= 11 is 11.9. The van der Waals surface area contributed by atoms with Crippen LogP contribution in [0.3, 0.4) is 0 Å². The van der Waals surface area contributed by atoms with Crippen molar-refractivity contribution in [3.05, 3.63) is 51.6 Å². The second kappa shape index (κ2) is 8.30. The summed E-state index contributed by atoms with van der Waals surface area (Å²) in [6.07, 6.45) is 3.79. The Morgan fingerprint density at radius 1 is 1.20 bits per heavy atom. The van der Waals surface area contributed by atoms with Crippen LogP contribution in [0.4, 0.5) is 10.2 Å². The predicted molar refractivity (Wildman–Crippen MR) is 97.9 cm³/mol. The van der Waals surface area contributed by atoms with Gasteiger partial charge in [0.1, 0.15) is 6.33 Å². The Kier molecular flexibility index (Phi) is 6.10. The van der Waals surface area contributed by atoms with Crippen LogP contribution in [0.25, 0.3) is 0 Å². The van der Waals surface area contributed by atoms with E-state index in [1.807, 2.05) is 24.0 Å². The number of aromatic nitrogens is 2. The second-order valence-electron chi connectivity index (χ2n) is 6.06. The van der Waals surface area contributed by atoms with Gasteiger partial charge in [0.2, 0.25) is 0 Å². The van der Waals surface area contributed by atoms with Crippen LogP contribution >= 0.6 is 23.2 Å². The van der Waals surface area contributed by atoms with Crippen molar-refractivity contribution < 1.29 is 9.13 Å². The van der Waals surface area contributed by atoms with E-state index in [1.165, 1.54) is 6.33 Å². The lowest BCUT2D eigenvalue weighted by Crippen LogP contribution is -2.38. The number of rotatable bonds is 5. The summed E-state index contributed by atoms with van der Waals surface area (Å²) in [6, 6.07) is 5.50. The van der Waals surface area contributed by atoms with Gasteiger partial charge in [-0.15, -0.1) is 0 Å². The maximum atomic E-state index is 14.4. The lowest BCUT2D eigenvalue weighted by molar-refractivity contribution is 0.0250. The van der Waals surface area contributed by atoms with Crippen molar-refractivity contribution in [1.82, 2.24) is 9.97 Å². The van der Waals surface area contributed by atoms with Crippen molar-refractivity contribution in [3.63, 3.8) is 0 Å². The minimum atomic E-state index is -0.305. The molecule has 1 aliphatic rings. The maximum absolute atomic E-state index is 14.4. The summed E-state index contributed by atoms with van der Waals surface area (Å²) in [5, 5.41) is 1.07. The Labute approximate surface area is 156 Å². The Bertz CT molecular complexity index is 736. The second-order valence-corrected chi connectivity index (χ2v) is 6.87. The highest BCUT2D eigenvalue weighted by atomic mass is 35.5. The van der Waals surface area contributed by atoms with Gasteiger partial charge >= 0.3 is 0 Å². The summed E-state index contributed by atoms with van der Waals surface area (Å²) in [4.78, 5) is 10.1. The molecule has 2 heterocycles. The van der Waals surface area contributed by atoms with E-state index >= 15 is 0 Å². The summed E-state index contributed by atoms with van der Waals surface area (Å²) < 4.78 is 20.3. The molecular formula is C18H20Cl2FN3O. The number of piperidine rings is 1. The SMILES string of the molecule is CCc1ncnc(N2CCC(OCc3ccc(Cl)c(Cl)c3)CC2)c1F. The molecule has 0 bridgehead atoms. The average molecular weight is 384 g/mol. The van der Waals surface area contributed by atoms with Crippen LogP contribution < -0.4 is 4.90 Å². The molecule has 1 aromatic heterocycles. The molecule has 134 valence electrons. The van der Waals surface area contributed by atoms with Crippen LogP contribution in [-0.4, -0.2) is 29.2 Å². The van der Waals surface area contributed by atoms with Gasteiger partial charge < -0.3 is 9.64 Å². The van der Waals surface area contributed by atoms with Crippen LogP contribution in [0.15, 0.2) is 24.5 Å². The molecule has 1 aliphatic heterocycles. The number of hydrogen-bond acceptors (Lipinski definition) is 4. The first-order valence-corrected chi connectivity index (χ1v) is 9.14. The molecule has 1 saturated heterocycles. The first-order valence-electron chi connectivity index (χ1n) is 8.38. The molecule has 25 heavy (non-hydrogen) atoms. The van der Waals surface area contributed by atoms with Gasteiger partial charge in [-0.05, 0) is 37.0 Å². The molecule has 0 saturated carbocycles. The van der Waals surface area contributed by atoms with Crippen molar-refractivity contribution in [2.75, 3.05) is 18.0 Å². The predicted octanol–water partition coefficient (Wildman–Crippen LogP) is 4.67. The van der Waals surface area contributed by atoms with Crippen molar-refractivity contribution in [2.24, 2.45) is 0 Å². The van der Waals surface area contributed by atoms with E-state index in [-0.39, 0.29) is 11.9 Å². The lowest BCUT2D eigenvalue weighted by atomic mass is 10.1. The van der Waals surface area contributed by atoms with Gasteiger partial charge in [0, 0.05) is 13.1 Å². The molecule has 0 N–H and O–H groups in total. The zero-order valence-electron chi connectivity index (χ0n) is 14.0. The monoisotopic (exact) mass is 383 g/mol. The third kappa shape index (κ3) is 4.40. The first kappa shape index (κ1) is 18.4. The highest BCUT2D eigenvalue weighted by Gasteiger charge is 2.24. The van der Waals surface area contributed by atoms with E-state index in [4.69, 9.17) is 27.9 Å². The molecule has 0 aliphatic carbocycles. The van der Waals surface area contributed by atoms with Crippen molar-refractivity contribution >= 4 is 29.0 Å². The topological polar surface area (TPSA) is 38.2 Å². The summed E-state index contributed by atoms with van der Waals surface area (Å²) in [7, 11) is 0. The molecule has 7 heteroatoms. The van der Waals surface area contributed by atoms with Gasteiger partial charge in [0.25, 0.3) is 0 Å². The van der Waals surface area contributed by atoms with E-state index in [9.17, 15) is 4.39 Å². The fourth-order valence-corrected chi connectivity index (χ4v) is 3.26. The molecule has 0 spiro atoms. The molecule has 1 fully saturated rings. The fraction of sp³-hybridized carbons (Fsp3) is 0.444. The highest BCUT2D eigenvalue weighted by Crippen LogP contribution is 2.26. The Morgan fingerprint density at radius 2 is 1.96 bits per heavy atom. The van der Waals surface area contributed by atoms with Crippen LogP contribution in [0, 0.1) is 5.82 Å². The lowest BCUT2D eigenvalue weighted by Gasteiger charge is -2.33. The number of nitrogens with zero attached hydrogens (tertiary/aromatic N) is 3. The average Bonchev–Trinajstić information content (AvgIpc) is 2.63. The molecule has 0 unspecified atom stereocenters. The normalized spacial score (nSPS) is 15.6. The standard InChI is InChI=1S/C18H20Cl2FN3O/c1-2-16-17(21)18(23-11-22-16)24-7-5-13(6-8-24)25-10-12-3-4-14(19)15(20)9-12/h3-4,9,11,13H,2,5-8,10H2,1H3. The third-order valence-electron chi connectivity index (χ3n) is 4.39. The van der Waals surface area contributed by atoms with E-state index in [0.717, 1.165) is 18.4 Å². The van der Waals surface area contributed by atoms with E-state index in [0.29, 0.717) is 47.7 Å². The quantitative estimate of drug-likeness (QED) is 0.751. The Balaban J connectivity index is 1.54. The van der Waals surface area contributed by atoms with Crippen molar-refractivity contribution in [3.8, 4) is 0 Å². The number of hydrogen-bond donors (Lipinski definition) is 0. The molecule has 3 rings (SSSR count). The minimum Gasteiger partial charge on any atom is -0.373 e. The van der Waals surface area contributed by atoms with Crippen molar-refractivity contribution in [2.45, 2.75) is 38.9 Å². The fourth-order valence-electron chi connectivity index (χ4n) is 2.94. The molecule has 0 amide bonds. The van der Waals surface area contributed by atoms with Gasteiger partial charge in [0.05, 0.1) is 28.5 Å². The largest absolute Gasteiger partial charge is 0.373 e. The molecular weight excluding hydrogens is 364 g/mol. The third-order valence-corrected chi connectivity index (χ3v) is 5.13. The summed E-state index contributed by atoms with van der Waals surface area (Å²) in [5.74, 6) is 0.0926. The van der Waals surface area contributed by atoms with E-state index < -0.39 is 0 Å². The molecule has 0 atom stereocenters. The number of halogens is 3. The minimum absolute atomic E-state index is 0.140. The van der Waals surface area contributed by atoms with E-state index in [2.05, 4.69) is 9.97 Å². The van der Waals surface area contributed by atoms with Crippen molar-refractivity contribution in [1.29, 1.82) is 0 Å². The van der Waals surface area contributed by atoms with Gasteiger partial charge in [0.15, 0.2) is 11.6 Å². The summed E-state index contributed by atoms with van der Waals surface area (Å²) in [5.41, 5.74) is 1.45. The van der Waals surface area contributed by atoms with Crippen LogP contribution in [0.2, 0.25) is 10.0 Å². The molecule has 2 aromatic rings. The number of anilines is 1. The van der Waals surface area contributed by atoms with E-state index in [1.54, 1.807) is 6.07 Å². The first-order chi connectivity index (χ1) is 12.1. The van der Waals surface area contributed by atoms with Crippen LogP contribution in [-0.2, 0) is 17.8 Å². The van der Waals surface area contributed by atoms with Gasteiger partial charge in [-0.3, -0.25) is 0 Å². The Morgan fingerprint density at radius 3 is 2.64 bits per heavy atom. The van der Waals surface area contributed by atoms with Gasteiger partial charge in [-0.1, -0.05) is 36.2 Å². The highest BCUT2D eigenvalue weighted by molar-refractivity contribution is 6.42. The zero-order valence-corrected chi connectivity index (χ0v) is 15.5. The maximum Gasteiger partial charge on any atom is 0.187 e. The molecule has 0 radical (unpaired) electrons.